The lowest BCUT2D eigenvalue weighted by molar-refractivity contribution is -0.115. The quantitative estimate of drug-likeness (QED) is 0.698. The zero-order valence-electron chi connectivity index (χ0n) is 14.5. The Morgan fingerprint density at radius 3 is 1.90 bits per heavy atom. The molecule has 0 radical (unpaired) electrons. The van der Waals surface area contributed by atoms with Crippen LogP contribution in [0.15, 0.2) is 18.2 Å². The molecule has 1 rings (SSSR count). The SMILES string of the molecule is CCC(C(=O)Nc1c(C)cccc1C)[P+](CC)(CC)CC. The van der Waals surface area contributed by atoms with Gasteiger partial charge in [0.05, 0.1) is 18.5 Å². The number of hydrogen-bond donors (Lipinski definition) is 1. The highest BCUT2D eigenvalue weighted by Gasteiger charge is 2.44. The van der Waals surface area contributed by atoms with Gasteiger partial charge >= 0.3 is 0 Å². The topological polar surface area (TPSA) is 29.1 Å². The summed E-state index contributed by atoms with van der Waals surface area (Å²) in [7, 11) is -1.18. The van der Waals surface area contributed by atoms with E-state index in [9.17, 15) is 4.79 Å². The summed E-state index contributed by atoms with van der Waals surface area (Å²) < 4.78 is 0. The van der Waals surface area contributed by atoms with Crippen molar-refractivity contribution in [3.63, 3.8) is 0 Å². The molecule has 1 aromatic rings. The molecule has 1 aromatic carbocycles. The molecule has 0 aliphatic rings. The highest BCUT2D eigenvalue weighted by molar-refractivity contribution is 7.77. The molecule has 3 heteroatoms. The minimum Gasteiger partial charge on any atom is -0.322 e. The number of anilines is 1. The van der Waals surface area contributed by atoms with Crippen LogP contribution < -0.4 is 5.32 Å². The van der Waals surface area contributed by atoms with E-state index in [1.165, 1.54) is 18.5 Å². The highest BCUT2D eigenvalue weighted by Crippen LogP contribution is 2.63. The largest absolute Gasteiger partial charge is 0.322 e. The molecule has 118 valence electrons. The molecule has 21 heavy (non-hydrogen) atoms. The first-order chi connectivity index (χ1) is 9.95. The Balaban J connectivity index is 3.05. The maximum Gasteiger partial charge on any atom is 0.265 e. The van der Waals surface area contributed by atoms with Crippen LogP contribution in [0.5, 0.6) is 0 Å². The van der Waals surface area contributed by atoms with E-state index >= 15 is 0 Å². The van der Waals surface area contributed by atoms with Crippen LogP contribution in [-0.2, 0) is 4.79 Å². The van der Waals surface area contributed by atoms with Crippen molar-refractivity contribution in [3.8, 4) is 0 Å². The van der Waals surface area contributed by atoms with Crippen LogP contribution in [0.2, 0.25) is 0 Å². The molecule has 0 aromatic heterocycles. The van der Waals surface area contributed by atoms with Crippen molar-refractivity contribution in [2.24, 2.45) is 0 Å². The molecular formula is C18H31NOP+. The van der Waals surface area contributed by atoms with Crippen LogP contribution in [0.25, 0.3) is 0 Å². The standard InChI is InChI=1S/C18H30NOP/c1-7-16(21(8-2,9-3)10-4)18(20)19-17-14(5)12-11-13-15(17)6/h11-13,16H,7-10H2,1-6H3/p+1. The Hall–Kier alpha value is -0.880. The average molecular weight is 308 g/mol. The monoisotopic (exact) mass is 308 g/mol. The first-order valence-electron chi connectivity index (χ1n) is 8.18. The number of aryl methyl sites for hydroxylation is 2. The van der Waals surface area contributed by atoms with Gasteiger partial charge in [-0.15, -0.1) is 0 Å². The number of rotatable bonds is 7. The first kappa shape index (κ1) is 18.2. The molecule has 1 amide bonds. The molecular weight excluding hydrogens is 277 g/mol. The van der Waals surface area contributed by atoms with Crippen molar-refractivity contribution in [1.82, 2.24) is 0 Å². The van der Waals surface area contributed by atoms with E-state index in [0.717, 1.165) is 23.2 Å². The van der Waals surface area contributed by atoms with E-state index in [1.807, 2.05) is 6.07 Å². The Morgan fingerprint density at radius 1 is 1.05 bits per heavy atom. The smallest absolute Gasteiger partial charge is 0.265 e. The van der Waals surface area contributed by atoms with Crippen molar-refractivity contribution >= 4 is 18.9 Å². The molecule has 0 bridgehead atoms. The van der Waals surface area contributed by atoms with Gasteiger partial charge in [0.1, 0.15) is 5.66 Å². The van der Waals surface area contributed by atoms with Crippen LogP contribution in [0.1, 0.15) is 45.2 Å². The fraction of sp³-hybridized carbons (Fsp3) is 0.611. The van der Waals surface area contributed by atoms with Crippen LogP contribution in [0, 0.1) is 13.8 Å². The fourth-order valence-corrected chi connectivity index (χ4v) is 7.37. The molecule has 0 fully saturated rings. The number of benzene rings is 1. The third-order valence-electron chi connectivity index (χ3n) is 4.97. The third kappa shape index (κ3) is 3.86. The molecule has 0 aliphatic carbocycles. The van der Waals surface area contributed by atoms with Gasteiger partial charge < -0.3 is 5.32 Å². The first-order valence-corrected chi connectivity index (χ1v) is 10.6. The minimum absolute atomic E-state index is 0.191. The van der Waals surface area contributed by atoms with Gasteiger partial charge in [-0.05, 0) is 52.2 Å². The van der Waals surface area contributed by atoms with Crippen LogP contribution >= 0.6 is 7.26 Å². The molecule has 0 saturated carbocycles. The van der Waals surface area contributed by atoms with Crippen LogP contribution in [0.4, 0.5) is 5.69 Å². The van der Waals surface area contributed by atoms with E-state index in [4.69, 9.17) is 0 Å². The Morgan fingerprint density at radius 2 is 1.52 bits per heavy atom. The lowest BCUT2D eigenvalue weighted by Crippen LogP contribution is -2.33. The average Bonchev–Trinajstić information content (AvgIpc) is 2.48. The van der Waals surface area contributed by atoms with Crippen molar-refractivity contribution < 1.29 is 4.79 Å². The molecule has 2 nitrogen and oxygen atoms in total. The summed E-state index contributed by atoms with van der Waals surface area (Å²) in [5, 5.41) is 3.23. The van der Waals surface area contributed by atoms with Crippen LogP contribution in [-0.4, -0.2) is 30.1 Å². The summed E-state index contributed by atoms with van der Waals surface area (Å²) in [6, 6.07) is 6.16. The van der Waals surface area contributed by atoms with Gasteiger partial charge in [-0.1, -0.05) is 25.1 Å². The molecule has 1 unspecified atom stereocenters. The summed E-state index contributed by atoms with van der Waals surface area (Å²) in [6.07, 6.45) is 4.44. The number of para-hydroxylation sites is 1. The van der Waals surface area contributed by atoms with Crippen molar-refractivity contribution in [3.05, 3.63) is 29.3 Å². The van der Waals surface area contributed by atoms with Gasteiger partial charge in [-0.2, -0.15) is 0 Å². The second-order valence-corrected chi connectivity index (χ2v) is 10.8. The van der Waals surface area contributed by atoms with E-state index < -0.39 is 7.26 Å². The number of carbonyl (C=O) groups is 1. The number of amides is 1. The van der Waals surface area contributed by atoms with E-state index in [0.29, 0.717) is 0 Å². The van der Waals surface area contributed by atoms with Gasteiger partial charge in [0.15, 0.2) is 0 Å². The fourth-order valence-electron chi connectivity index (χ4n) is 3.37. The Bertz CT molecular complexity index is 452. The molecule has 0 aliphatic heterocycles. The van der Waals surface area contributed by atoms with Crippen molar-refractivity contribution in [2.75, 3.05) is 23.8 Å². The van der Waals surface area contributed by atoms with Gasteiger partial charge in [-0.25, -0.2) is 0 Å². The molecule has 1 N–H and O–H groups in total. The van der Waals surface area contributed by atoms with Crippen LogP contribution in [0.3, 0.4) is 0 Å². The second-order valence-electron chi connectivity index (χ2n) is 5.85. The molecule has 1 atom stereocenters. The predicted octanol–water partition coefficient (Wildman–Crippen LogP) is 5.10. The number of nitrogens with one attached hydrogen (secondary N) is 1. The normalized spacial score (nSPS) is 13.0. The predicted molar refractivity (Wildman–Crippen MR) is 97.2 cm³/mol. The van der Waals surface area contributed by atoms with Crippen molar-refractivity contribution in [1.29, 1.82) is 0 Å². The zero-order chi connectivity index (χ0) is 16.0. The number of hydrogen-bond acceptors (Lipinski definition) is 1. The van der Waals surface area contributed by atoms with Gasteiger partial charge in [0.2, 0.25) is 0 Å². The summed E-state index contributed by atoms with van der Waals surface area (Å²) >= 11 is 0. The Labute approximate surface area is 131 Å². The maximum absolute atomic E-state index is 12.9. The van der Waals surface area contributed by atoms with Gasteiger partial charge in [-0.3, -0.25) is 4.79 Å². The summed E-state index contributed by atoms with van der Waals surface area (Å²) in [5.41, 5.74) is 3.48. The minimum atomic E-state index is -1.18. The van der Waals surface area contributed by atoms with Gasteiger partial charge in [0, 0.05) is 12.9 Å². The summed E-state index contributed by atoms with van der Waals surface area (Å²) in [6.45, 7) is 13.1. The highest BCUT2D eigenvalue weighted by atomic mass is 31.2. The van der Waals surface area contributed by atoms with E-state index in [-0.39, 0.29) is 11.6 Å². The number of carbonyl (C=O) groups excluding carboxylic acids is 1. The second kappa shape index (κ2) is 7.94. The summed E-state index contributed by atoms with van der Waals surface area (Å²) in [5.74, 6) is 0.230. The lowest BCUT2D eigenvalue weighted by atomic mass is 10.1. The molecule has 0 heterocycles. The lowest BCUT2D eigenvalue weighted by Gasteiger charge is -2.31. The van der Waals surface area contributed by atoms with Crippen molar-refractivity contribution in [2.45, 2.75) is 53.6 Å². The Kier molecular flexibility index (Phi) is 6.87. The molecule has 0 spiro atoms. The maximum atomic E-state index is 12.9. The third-order valence-corrected chi connectivity index (χ3v) is 10.7. The van der Waals surface area contributed by atoms with E-state index in [1.54, 1.807) is 0 Å². The zero-order valence-corrected chi connectivity index (χ0v) is 15.4. The van der Waals surface area contributed by atoms with Gasteiger partial charge in [0.25, 0.3) is 5.91 Å². The summed E-state index contributed by atoms with van der Waals surface area (Å²) in [4.78, 5) is 12.9. The molecule has 0 saturated heterocycles. The van der Waals surface area contributed by atoms with E-state index in [2.05, 4.69) is 59.0 Å².